The van der Waals surface area contributed by atoms with Crippen molar-refractivity contribution in [3.63, 3.8) is 0 Å². The van der Waals surface area contributed by atoms with Crippen molar-refractivity contribution >= 4 is 40.6 Å². The summed E-state index contributed by atoms with van der Waals surface area (Å²) in [5.41, 5.74) is 1.95. The number of rotatable bonds is 5. The van der Waals surface area contributed by atoms with Crippen LogP contribution in [0.25, 0.3) is 16.6 Å². The highest BCUT2D eigenvalue weighted by molar-refractivity contribution is 7.13. The average molecular weight is 389 g/mol. The topological polar surface area (TPSA) is 51.2 Å². The lowest BCUT2D eigenvalue weighted by molar-refractivity contribution is -0.111. The molecule has 0 radical (unpaired) electrons. The smallest absolute Gasteiger partial charge is 0.248 e. The zero-order valence-corrected chi connectivity index (χ0v) is 15.3. The highest BCUT2D eigenvalue weighted by Crippen LogP contribution is 2.28. The quantitative estimate of drug-likeness (QED) is 0.606. The summed E-state index contributed by atoms with van der Waals surface area (Å²) in [4.78, 5) is 16.5. The lowest BCUT2D eigenvalue weighted by Gasteiger charge is -2.08. The van der Waals surface area contributed by atoms with Gasteiger partial charge in [-0.25, -0.2) is 9.37 Å². The number of thiazole rings is 1. The van der Waals surface area contributed by atoms with E-state index in [4.69, 9.17) is 16.3 Å². The van der Waals surface area contributed by atoms with Gasteiger partial charge < -0.3 is 10.1 Å². The third-order valence-electron chi connectivity index (χ3n) is 3.44. The third-order valence-corrected chi connectivity index (χ3v) is 4.58. The van der Waals surface area contributed by atoms with Crippen LogP contribution in [-0.2, 0) is 4.79 Å². The minimum atomic E-state index is -0.332. The molecule has 0 atom stereocenters. The number of aromatic nitrogens is 1. The molecule has 2 aromatic carbocycles. The van der Waals surface area contributed by atoms with Gasteiger partial charge in [-0.2, -0.15) is 0 Å². The first-order chi connectivity index (χ1) is 12.5. The van der Waals surface area contributed by atoms with Gasteiger partial charge in [0.2, 0.25) is 5.91 Å². The second-order valence-electron chi connectivity index (χ2n) is 5.25. The molecule has 7 heteroatoms. The van der Waals surface area contributed by atoms with Crippen LogP contribution in [0.4, 0.5) is 10.1 Å². The molecule has 0 saturated heterocycles. The first-order valence-corrected chi connectivity index (χ1v) is 8.85. The number of hydrogen-bond acceptors (Lipinski definition) is 4. The number of halogens is 2. The maximum Gasteiger partial charge on any atom is 0.248 e. The lowest BCUT2D eigenvalue weighted by Crippen LogP contribution is -2.08. The van der Waals surface area contributed by atoms with E-state index in [-0.39, 0.29) is 11.7 Å². The number of nitrogens with zero attached hydrogens (tertiary/aromatic N) is 1. The van der Waals surface area contributed by atoms with Crippen molar-refractivity contribution in [2.45, 2.75) is 0 Å². The van der Waals surface area contributed by atoms with E-state index in [0.29, 0.717) is 22.2 Å². The molecule has 0 spiro atoms. The monoisotopic (exact) mass is 388 g/mol. The van der Waals surface area contributed by atoms with Crippen molar-refractivity contribution in [2.24, 2.45) is 0 Å². The summed E-state index contributed by atoms with van der Waals surface area (Å²) in [6.07, 6.45) is 2.99. The summed E-state index contributed by atoms with van der Waals surface area (Å²) in [6, 6.07) is 11.1. The molecule has 132 valence electrons. The molecule has 1 aromatic heterocycles. The lowest BCUT2D eigenvalue weighted by atomic mass is 10.2. The fourth-order valence-corrected chi connectivity index (χ4v) is 3.17. The van der Waals surface area contributed by atoms with Crippen molar-refractivity contribution in [3.05, 3.63) is 70.5 Å². The van der Waals surface area contributed by atoms with Gasteiger partial charge in [-0.1, -0.05) is 11.6 Å². The molecule has 3 rings (SSSR count). The third kappa shape index (κ3) is 4.47. The van der Waals surface area contributed by atoms with E-state index < -0.39 is 0 Å². The predicted octanol–water partition coefficient (Wildman–Crippen LogP) is 5.26. The van der Waals surface area contributed by atoms with Crippen molar-refractivity contribution in [2.75, 3.05) is 12.4 Å². The van der Waals surface area contributed by atoms with E-state index in [2.05, 4.69) is 10.3 Å². The van der Waals surface area contributed by atoms with Gasteiger partial charge >= 0.3 is 0 Å². The van der Waals surface area contributed by atoms with E-state index in [1.807, 2.05) is 5.38 Å². The minimum Gasteiger partial charge on any atom is -0.495 e. The highest BCUT2D eigenvalue weighted by Gasteiger charge is 2.07. The Bertz CT molecular complexity index is 954. The molecule has 0 aliphatic heterocycles. The second kappa shape index (κ2) is 8.12. The number of benzene rings is 2. The largest absolute Gasteiger partial charge is 0.495 e. The zero-order chi connectivity index (χ0) is 18.5. The Morgan fingerprint density at radius 2 is 2.04 bits per heavy atom. The Hall–Kier alpha value is -2.70. The number of carbonyl (C=O) groups is 1. The van der Waals surface area contributed by atoms with Crippen LogP contribution in [0.15, 0.2) is 53.9 Å². The van der Waals surface area contributed by atoms with Gasteiger partial charge in [0.25, 0.3) is 0 Å². The number of amides is 1. The first-order valence-electron chi connectivity index (χ1n) is 7.59. The maximum atomic E-state index is 13.0. The van der Waals surface area contributed by atoms with Gasteiger partial charge in [-0.15, -0.1) is 11.3 Å². The van der Waals surface area contributed by atoms with Gasteiger partial charge in [0.15, 0.2) is 0 Å². The first kappa shape index (κ1) is 18.1. The van der Waals surface area contributed by atoms with Gasteiger partial charge in [-0.05, 0) is 48.5 Å². The van der Waals surface area contributed by atoms with Crippen LogP contribution in [-0.4, -0.2) is 18.0 Å². The molecular weight excluding hydrogens is 375 g/mol. The Balaban J connectivity index is 1.69. The molecule has 4 nitrogen and oxygen atoms in total. The van der Waals surface area contributed by atoms with Gasteiger partial charge in [0.1, 0.15) is 16.6 Å². The van der Waals surface area contributed by atoms with Crippen molar-refractivity contribution in [1.82, 2.24) is 4.98 Å². The maximum absolute atomic E-state index is 13.0. The summed E-state index contributed by atoms with van der Waals surface area (Å²) < 4.78 is 18.2. The van der Waals surface area contributed by atoms with Crippen molar-refractivity contribution in [3.8, 4) is 16.3 Å². The zero-order valence-electron chi connectivity index (χ0n) is 13.7. The van der Waals surface area contributed by atoms with Crippen molar-refractivity contribution in [1.29, 1.82) is 0 Å². The minimum absolute atomic E-state index is 0.293. The Morgan fingerprint density at radius 1 is 1.27 bits per heavy atom. The Labute approximate surface area is 158 Å². The SMILES string of the molecule is COc1ccc(Cl)cc1NC(=O)/C=C/c1csc(-c2ccc(F)cc2)n1. The summed E-state index contributed by atoms with van der Waals surface area (Å²) in [5, 5.41) is 5.78. The Morgan fingerprint density at radius 3 is 2.77 bits per heavy atom. The van der Waals surface area contributed by atoms with Gasteiger partial charge in [0, 0.05) is 22.0 Å². The molecule has 1 N–H and O–H groups in total. The number of carbonyl (C=O) groups excluding carboxylic acids is 1. The standard InChI is InChI=1S/C19H14ClFN2O2S/c1-25-17-8-4-13(20)10-16(17)23-18(24)9-7-15-11-26-19(22-15)12-2-5-14(21)6-3-12/h2-11H,1H3,(H,23,24)/b9-7+. The van der Waals surface area contributed by atoms with Crippen LogP contribution in [0, 0.1) is 5.82 Å². The van der Waals surface area contributed by atoms with E-state index in [1.54, 1.807) is 36.4 Å². The van der Waals surface area contributed by atoms with Crippen LogP contribution in [0.3, 0.4) is 0 Å². The molecule has 1 amide bonds. The number of nitrogens with one attached hydrogen (secondary N) is 1. The molecule has 1 heterocycles. The summed E-state index contributed by atoms with van der Waals surface area (Å²) in [6.45, 7) is 0. The van der Waals surface area contributed by atoms with Crippen LogP contribution >= 0.6 is 22.9 Å². The summed E-state index contributed by atoms with van der Waals surface area (Å²) in [5.74, 6) is -0.108. The molecule has 0 fully saturated rings. The molecule has 0 saturated carbocycles. The highest BCUT2D eigenvalue weighted by atomic mass is 35.5. The van der Waals surface area contributed by atoms with E-state index in [9.17, 15) is 9.18 Å². The normalized spacial score (nSPS) is 10.9. The van der Waals surface area contributed by atoms with E-state index in [1.165, 1.54) is 36.7 Å². The van der Waals surface area contributed by atoms with Crippen LogP contribution in [0.1, 0.15) is 5.69 Å². The number of methoxy groups -OCH3 is 1. The molecular formula is C19H14ClFN2O2S. The van der Waals surface area contributed by atoms with E-state index in [0.717, 1.165) is 10.6 Å². The average Bonchev–Trinajstić information content (AvgIpc) is 3.10. The van der Waals surface area contributed by atoms with Crippen LogP contribution in [0.2, 0.25) is 5.02 Å². The number of anilines is 1. The number of ether oxygens (including phenoxy) is 1. The fraction of sp³-hybridized carbons (Fsp3) is 0.0526. The van der Waals surface area contributed by atoms with Crippen LogP contribution < -0.4 is 10.1 Å². The number of hydrogen-bond donors (Lipinski definition) is 1. The van der Waals surface area contributed by atoms with Gasteiger partial charge in [0.05, 0.1) is 18.5 Å². The molecule has 0 bridgehead atoms. The van der Waals surface area contributed by atoms with E-state index >= 15 is 0 Å². The molecule has 0 aliphatic carbocycles. The fourth-order valence-electron chi connectivity index (χ4n) is 2.20. The molecule has 3 aromatic rings. The van der Waals surface area contributed by atoms with Gasteiger partial charge in [-0.3, -0.25) is 4.79 Å². The molecule has 26 heavy (non-hydrogen) atoms. The Kier molecular flexibility index (Phi) is 5.65. The molecule has 0 aliphatic rings. The van der Waals surface area contributed by atoms with Crippen LogP contribution in [0.5, 0.6) is 5.75 Å². The van der Waals surface area contributed by atoms with Crippen molar-refractivity contribution < 1.29 is 13.9 Å². The predicted molar refractivity (Wildman–Crippen MR) is 103 cm³/mol. The summed E-state index contributed by atoms with van der Waals surface area (Å²) >= 11 is 7.36. The molecule has 0 unspecified atom stereocenters. The second-order valence-corrected chi connectivity index (χ2v) is 6.55. The summed E-state index contributed by atoms with van der Waals surface area (Å²) in [7, 11) is 1.51.